The van der Waals surface area contributed by atoms with Gasteiger partial charge >= 0.3 is 5.97 Å². The number of hydrogen-bond acceptors (Lipinski definition) is 3. The van der Waals surface area contributed by atoms with Crippen LogP contribution in [0.4, 0.5) is 0 Å². The van der Waals surface area contributed by atoms with E-state index in [9.17, 15) is 4.79 Å². The fourth-order valence-electron chi connectivity index (χ4n) is 2.45. The van der Waals surface area contributed by atoms with Gasteiger partial charge in [0.15, 0.2) is 0 Å². The van der Waals surface area contributed by atoms with E-state index in [1.807, 2.05) is 22.8 Å². The summed E-state index contributed by atoms with van der Waals surface area (Å²) >= 11 is 9.46. The number of fused-ring (bicyclic) bond motifs is 1. The number of halogens is 2. The van der Waals surface area contributed by atoms with Gasteiger partial charge in [0.1, 0.15) is 11.9 Å². The first-order valence-electron chi connectivity index (χ1n) is 6.78. The number of benzene rings is 1. The highest BCUT2D eigenvalue weighted by Crippen LogP contribution is 2.29. The van der Waals surface area contributed by atoms with Crippen LogP contribution in [0.2, 0.25) is 0 Å². The molecular formula is C15H18BrClN2O2. The van der Waals surface area contributed by atoms with Crippen molar-refractivity contribution < 1.29 is 9.53 Å². The van der Waals surface area contributed by atoms with Gasteiger partial charge in [0.2, 0.25) is 0 Å². The third-order valence-electron chi connectivity index (χ3n) is 3.32. The number of aromatic nitrogens is 2. The number of imidazole rings is 1. The van der Waals surface area contributed by atoms with Crippen molar-refractivity contribution in [1.82, 2.24) is 9.55 Å². The molecule has 0 bridgehead atoms. The minimum absolute atomic E-state index is 0.248. The summed E-state index contributed by atoms with van der Waals surface area (Å²) < 4.78 is 7.82. The van der Waals surface area contributed by atoms with Crippen molar-refractivity contribution in [3.8, 4) is 0 Å². The van der Waals surface area contributed by atoms with E-state index in [4.69, 9.17) is 16.3 Å². The Morgan fingerprint density at radius 3 is 2.76 bits per heavy atom. The van der Waals surface area contributed by atoms with E-state index in [0.29, 0.717) is 18.2 Å². The molecule has 0 aliphatic heterocycles. The van der Waals surface area contributed by atoms with Crippen molar-refractivity contribution in [2.75, 3.05) is 7.11 Å². The zero-order chi connectivity index (χ0) is 15.6. The second kappa shape index (κ2) is 6.79. The summed E-state index contributed by atoms with van der Waals surface area (Å²) in [5, 5.41) is 0. The highest BCUT2D eigenvalue weighted by molar-refractivity contribution is 9.10. The Morgan fingerprint density at radius 2 is 2.19 bits per heavy atom. The Hall–Kier alpha value is -1.07. The quantitative estimate of drug-likeness (QED) is 0.580. The molecule has 114 valence electrons. The first kappa shape index (κ1) is 16.3. The van der Waals surface area contributed by atoms with Gasteiger partial charge in [-0.3, -0.25) is 0 Å². The molecule has 21 heavy (non-hydrogen) atoms. The highest BCUT2D eigenvalue weighted by Gasteiger charge is 2.26. The minimum Gasteiger partial charge on any atom is -0.467 e. The summed E-state index contributed by atoms with van der Waals surface area (Å²) in [5.41, 5.74) is 1.71. The van der Waals surface area contributed by atoms with Crippen LogP contribution in [0.3, 0.4) is 0 Å². The van der Waals surface area contributed by atoms with Crippen molar-refractivity contribution in [2.45, 2.75) is 32.2 Å². The number of ether oxygens (including phenoxy) is 1. The van der Waals surface area contributed by atoms with Gasteiger partial charge in [-0.05, 0) is 30.5 Å². The van der Waals surface area contributed by atoms with Gasteiger partial charge in [0.05, 0.1) is 24.0 Å². The minimum atomic E-state index is -0.407. The lowest BCUT2D eigenvalue weighted by Crippen LogP contribution is -2.24. The van der Waals surface area contributed by atoms with E-state index in [1.54, 1.807) is 0 Å². The molecule has 1 aromatic carbocycles. The molecule has 1 heterocycles. The Balaban J connectivity index is 2.62. The Morgan fingerprint density at radius 1 is 1.48 bits per heavy atom. The molecule has 0 radical (unpaired) electrons. The van der Waals surface area contributed by atoms with Crippen LogP contribution in [0.1, 0.15) is 32.1 Å². The van der Waals surface area contributed by atoms with Gasteiger partial charge in [-0.1, -0.05) is 29.8 Å². The predicted molar refractivity (Wildman–Crippen MR) is 87.5 cm³/mol. The largest absolute Gasteiger partial charge is 0.467 e. The van der Waals surface area contributed by atoms with Crippen molar-refractivity contribution in [1.29, 1.82) is 0 Å². The lowest BCUT2D eigenvalue weighted by atomic mass is 10.0. The van der Waals surface area contributed by atoms with Crippen LogP contribution in [-0.2, 0) is 15.4 Å². The predicted octanol–water partition coefficient (Wildman–Crippen LogP) is 4.30. The van der Waals surface area contributed by atoms with Gasteiger partial charge in [-0.2, -0.15) is 0 Å². The fourth-order valence-corrected chi connectivity index (χ4v) is 2.99. The second-order valence-corrected chi connectivity index (χ2v) is 6.52. The topological polar surface area (TPSA) is 44.1 Å². The van der Waals surface area contributed by atoms with Crippen molar-refractivity contribution >= 4 is 44.5 Å². The van der Waals surface area contributed by atoms with Gasteiger partial charge in [-0.15, -0.1) is 11.6 Å². The summed E-state index contributed by atoms with van der Waals surface area (Å²) in [7, 11) is 1.41. The van der Waals surface area contributed by atoms with Gasteiger partial charge in [0, 0.05) is 4.47 Å². The molecule has 0 N–H and O–H groups in total. The molecule has 0 saturated carbocycles. The van der Waals surface area contributed by atoms with Crippen molar-refractivity contribution in [3.63, 3.8) is 0 Å². The highest BCUT2D eigenvalue weighted by atomic mass is 79.9. The number of nitrogens with zero attached hydrogens (tertiary/aromatic N) is 2. The third kappa shape index (κ3) is 3.40. The number of hydrogen-bond donors (Lipinski definition) is 0. The molecule has 0 amide bonds. The van der Waals surface area contributed by atoms with Gasteiger partial charge in [-0.25, -0.2) is 9.78 Å². The molecule has 0 aliphatic rings. The van der Waals surface area contributed by atoms with E-state index in [1.165, 1.54) is 7.11 Å². The third-order valence-corrected chi connectivity index (χ3v) is 4.06. The number of esters is 1. The molecule has 1 unspecified atom stereocenters. The second-order valence-electron chi connectivity index (χ2n) is 5.33. The fraction of sp³-hybridized carbons (Fsp3) is 0.467. The lowest BCUT2D eigenvalue weighted by Gasteiger charge is -2.21. The molecule has 1 aromatic heterocycles. The molecule has 1 atom stereocenters. The van der Waals surface area contributed by atoms with E-state index in [2.05, 4.69) is 34.8 Å². The zero-order valence-electron chi connectivity index (χ0n) is 12.3. The number of alkyl halides is 1. The zero-order valence-corrected chi connectivity index (χ0v) is 14.6. The van der Waals surface area contributed by atoms with E-state index >= 15 is 0 Å². The lowest BCUT2D eigenvalue weighted by molar-refractivity contribution is -0.145. The first-order chi connectivity index (χ1) is 9.97. The molecular weight excluding hydrogens is 356 g/mol. The summed E-state index contributed by atoms with van der Waals surface area (Å²) in [6.45, 7) is 4.15. The number of rotatable bonds is 5. The van der Waals surface area contributed by atoms with Gasteiger partial charge in [0.25, 0.3) is 0 Å². The molecule has 2 rings (SSSR count). The normalized spacial score (nSPS) is 12.9. The standard InChI is InChI=1S/C15H18BrClN2O2/c1-9(2)6-13(15(20)21-3)19-12-5-4-10(16)7-11(12)18-14(19)8-17/h4-5,7,9,13H,6,8H2,1-3H3. The number of carbonyl (C=O) groups is 1. The van der Waals surface area contributed by atoms with Crippen molar-refractivity contribution in [2.24, 2.45) is 5.92 Å². The summed E-state index contributed by atoms with van der Waals surface area (Å²) in [6, 6.07) is 5.39. The monoisotopic (exact) mass is 372 g/mol. The smallest absolute Gasteiger partial charge is 0.328 e. The van der Waals surface area contributed by atoms with E-state index in [-0.39, 0.29) is 11.8 Å². The maximum Gasteiger partial charge on any atom is 0.328 e. The molecule has 0 aliphatic carbocycles. The van der Waals surface area contributed by atoms with Gasteiger partial charge < -0.3 is 9.30 Å². The average molecular weight is 374 g/mol. The maximum absolute atomic E-state index is 12.2. The molecule has 0 saturated heterocycles. The van der Waals surface area contributed by atoms with Crippen molar-refractivity contribution in [3.05, 3.63) is 28.5 Å². The average Bonchev–Trinajstić information content (AvgIpc) is 2.80. The van der Waals surface area contributed by atoms with Crippen LogP contribution in [0.15, 0.2) is 22.7 Å². The van der Waals surface area contributed by atoms with Crippen LogP contribution in [-0.4, -0.2) is 22.6 Å². The first-order valence-corrected chi connectivity index (χ1v) is 8.10. The Kier molecular flexibility index (Phi) is 5.27. The Labute approximate surface area is 137 Å². The number of carbonyl (C=O) groups excluding carboxylic acids is 1. The molecule has 0 fully saturated rings. The SMILES string of the molecule is COC(=O)C(CC(C)C)n1c(CCl)nc2cc(Br)ccc21. The van der Waals surface area contributed by atoms with E-state index < -0.39 is 6.04 Å². The molecule has 2 aromatic rings. The summed E-state index contributed by atoms with van der Waals surface area (Å²) in [5.74, 6) is 1.01. The summed E-state index contributed by atoms with van der Waals surface area (Å²) in [6.07, 6.45) is 0.679. The van der Waals surface area contributed by atoms with Crippen LogP contribution in [0.5, 0.6) is 0 Å². The number of methoxy groups -OCH3 is 1. The maximum atomic E-state index is 12.2. The molecule has 6 heteroatoms. The summed E-state index contributed by atoms with van der Waals surface area (Å²) in [4.78, 5) is 16.7. The van der Waals surface area contributed by atoms with Crippen LogP contribution in [0, 0.1) is 5.92 Å². The molecule has 4 nitrogen and oxygen atoms in total. The van der Waals surface area contributed by atoms with Crippen LogP contribution < -0.4 is 0 Å². The molecule has 0 spiro atoms. The van der Waals surface area contributed by atoms with Crippen LogP contribution >= 0.6 is 27.5 Å². The van der Waals surface area contributed by atoms with Crippen LogP contribution in [0.25, 0.3) is 11.0 Å². The Bertz CT molecular complexity index is 654. The van der Waals surface area contributed by atoms with E-state index in [0.717, 1.165) is 15.5 Å².